The van der Waals surface area contributed by atoms with Crippen LogP contribution in [0.3, 0.4) is 0 Å². The molecule has 2 aromatic rings. The molecule has 1 aliphatic heterocycles. The summed E-state index contributed by atoms with van der Waals surface area (Å²) in [5.74, 6) is 0.372. The molecular weight excluding hydrogens is 298 g/mol. The van der Waals surface area contributed by atoms with Crippen LogP contribution in [0, 0.1) is 5.92 Å². The maximum absolute atomic E-state index is 12.8. The molecule has 1 fully saturated rings. The summed E-state index contributed by atoms with van der Waals surface area (Å²) in [4.78, 5) is 4.12. The largest absolute Gasteiger partial charge is 0.288 e. The van der Waals surface area contributed by atoms with E-state index in [1.54, 1.807) is 24.4 Å². The number of imidazole rings is 1. The summed E-state index contributed by atoms with van der Waals surface area (Å²) in [5, 5.41) is 0.110. The lowest BCUT2D eigenvalue weighted by Gasteiger charge is -2.29. The van der Waals surface area contributed by atoms with Gasteiger partial charge in [-0.15, -0.1) is 0 Å². The Labute approximate surface area is 123 Å². The molecule has 1 unspecified atom stereocenters. The summed E-state index contributed by atoms with van der Waals surface area (Å²) in [6.45, 7) is 3.15. The van der Waals surface area contributed by atoms with Crippen molar-refractivity contribution >= 4 is 27.3 Å². The number of halogens is 1. The standard InChI is InChI=1S/C13H16ClN3O2S/c1-10-5-4-7-16(9-10)20(18,19)13-12(14)15-11-6-2-3-8-17(11)13/h2-3,6,8,10H,4-5,7,9H2,1H3. The highest BCUT2D eigenvalue weighted by Gasteiger charge is 2.33. The maximum Gasteiger partial charge on any atom is 0.262 e. The van der Waals surface area contributed by atoms with E-state index in [4.69, 9.17) is 11.6 Å². The fraction of sp³-hybridized carbons (Fsp3) is 0.462. The normalized spacial score (nSPS) is 21.4. The van der Waals surface area contributed by atoms with Gasteiger partial charge in [-0.3, -0.25) is 4.40 Å². The van der Waals surface area contributed by atoms with Crippen LogP contribution in [-0.2, 0) is 10.0 Å². The molecule has 0 spiro atoms. The SMILES string of the molecule is CC1CCCN(S(=O)(=O)c2c(Cl)nc3ccccn23)C1. The fourth-order valence-corrected chi connectivity index (χ4v) is 4.86. The number of rotatable bonds is 2. The Balaban J connectivity index is 2.11. The predicted octanol–water partition coefficient (Wildman–Crippen LogP) is 2.41. The van der Waals surface area contributed by atoms with Crippen LogP contribution in [0.25, 0.3) is 5.65 Å². The lowest BCUT2D eigenvalue weighted by atomic mass is 10.0. The summed E-state index contributed by atoms with van der Waals surface area (Å²) >= 11 is 6.07. The molecule has 0 bridgehead atoms. The quantitative estimate of drug-likeness (QED) is 0.855. The monoisotopic (exact) mass is 313 g/mol. The third-order valence-electron chi connectivity index (χ3n) is 3.65. The Morgan fingerprint density at radius 2 is 2.20 bits per heavy atom. The van der Waals surface area contributed by atoms with Crippen molar-refractivity contribution in [3.05, 3.63) is 29.5 Å². The number of pyridine rings is 1. The van der Waals surface area contributed by atoms with Gasteiger partial charge in [-0.05, 0) is 30.9 Å². The Morgan fingerprint density at radius 3 is 2.95 bits per heavy atom. The summed E-state index contributed by atoms with van der Waals surface area (Å²) < 4.78 is 28.7. The van der Waals surface area contributed by atoms with Gasteiger partial charge in [0, 0.05) is 19.3 Å². The first-order valence-electron chi connectivity index (χ1n) is 6.63. The zero-order valence-electron chi connectivity index (χ0n) is 11.2. The summed E-state index contributed by atoms with van der Waals surface area (Å²) in [6.07, 6.45) is 3.62. The maximum atomic E-state index is 12.8. The van der Waals surface area contributed by atoms with Crippen LogP contribution in [0.4, 0.5) is 0 Å². The predicted molar refractivity (Wildman–Crippen MR) is 77.4 cm³/mol. The molecule has 1 atom stereocenters. The van der Waals surface area contributed by atoms with Crippen molar-refractivity contribution in [3.8, 4) is 0 Å². The second kappa shape index (κ2) is 5.02. The highest BCUT2D eigenvalue weighted by molar-refractivity contribution is 7.89. The zero-order chi connectivity index (χ0) is 14.3. The highest BCUT2D eigenvalue weighted by Crippen LogP contribution is 2.28. The van der Waals surface area contributed by atoms with Crippen molar-refractivity contribution in [1.29, 1.82) is 0 Å². The van der Waals surface area contributed by atoms with Crippen molar-refractivity contribution in [2.45, 2.75) is 24.8 Å². The van der Waals surface area contributed by atoms with Gasteiger partial charge >= 0.3 is 0 Å². The molecule has 2 aromatic heterocycles. The van der Waals surface area contributed by atoms with E-state index in [1.807, 2.05) is 0 Å². The molecule has 0 amide bonds. The lowest BCUT2D eigenvalue weighted by Crippen LogP contribution is -2.39. The van der Waals surface area contributed by atoms with Crippen molar-refractivity contribution in [2.24, 2.45) is 5.92 Å². The van der Waals surface area contributed by atoms with Gasteiger partial charge in [-0.2, -0.15) is 4.31 Å². The van der Waals surface area contributed by atoms with E-state index in [0.717, 1.165) is 12.8 Å². The molecule has 3 heterocycles. The highest BCUT2D eigenvalue weighted by atomic mass is 35.5. The molecule has 0 aliphatic carbocycles. The van der Waals surface area contributed by atoms with Crippen LogP contribution in [0.5, 0.6) is 0 Å². The van der Waals surface area contributed by atoms with Crippen LogP contribution >= 0.6 is 11.6 Å². The van der Waals surface area contributed by atoms with Crippen LogP contribution in [0.15, 0.2) is 29.4 Å². The van der Waals surface area contributed by atoms with Crippen molar-refractivity contribution in [2.75, 3.05) is 13.1 Å². The number of hydrogen-bond donors (Lipinski definition) is 0. The Bertz CT molecular complexity index is 741. The summed E-state index contributed by atoms with van der Waals surface area (Å²) in [5.41, 5.74) is 0.543. The van der Waals surface area contributed by atoms with Gasteiger partial charge in [-0.25, -0.2) is 13.4 Å². The third kappa shape index (κ3) is 2.21. The molecule has 5 nitrogen and oxygen atoms in total. The van der Waals surface area contributed by atoms with E-state index in [9.17, 15) is 8.42 Å². The van der Waals surface area contributed by atoms with Gasteiger partial charge in [0.2, 0.25) is 0 Å². The fourth-order valence-electron chi connectivity index (χ4n) is 2.66. The number of nitrogens with zero attached hydrogens (tertiary/aromatic N) is 3. The first kappa shape index (κ1) is 13.9. The molecule has 20 heavy (non-hydrogen) atoms. The summed E-state index contributed by atoms with van der Waals surface area (Å²) in [6, 6.07) is 5.31. The number of sulfonamides is 1. The number of aromatic nitrogens is 2. The molecule has 7 heteroatoms. The lowest BCUT2D eigenvalue weighted by molar-refractivity contribution is 0.280. The summed E-state index contributed by atoms with van der Waals surface area (Å²) in [7, 11) is -3.61. The van der Waals surface area contributed by atoms with Crippen LogP contribution < -0.4 is 0 Å². The second-order valence-corrected chi connectivity index (χ2v) is 7.46. The molecule has 0 saturated carbocycles. The molecular formula is C13H16ClN3O2S. The minimum absolute atomic E-state index is 0.0365. The van der Waals surface area contributed by atoms with Crippen molar-refractivity contribution in [1.82, 2.24) is 13.7 Å². The smallest absolute Gasteiger partial charge is 0.262 e. The Kier molecular flexibility index (Phi) is 3.48. The van der Waals surface area contributed by atoms with E-state index < -0.39 is 10.0 Å². The van der Waals surface area contributed by atoms with E-state index >= 15 is 0 Å². The Morgan fingerprint density at radius 1 is 1.40 bits per heavy atom. The van der Waals surface area contributed by atoms with E-state index in [0.29, 0.717) is 24.7 Å². The molecule has 0 N–H and O–H groups in total. The topological polar surface area (TPSA) is 54.7 Å². The van der Waals surface area contributed by atoms with E-state index in [2.05, 4.69) is 11.9 Å². The Hall–Kier alpha value is -1.11. The first-order chi connectivity index (χ1) is 9.50. The number of piperidine rings is 1. The minimum atomic E-state index is -3.61. The van der Waals surface area contributed by atoms with Gasteiger partial charge in [0.05, 0.1) is 0 Å². The van der Waals surface area contributed by atoms with E-state index in [1.165, 1.54) is 8.71 Å². The van der Waals surface area contributed by atoms with Crippen molar-refractivity contribution in [3.63, 3.8) is 0 Å². The first-order valence-corrected chi connectivity index (χ1v) is 8.44. The van der Waals surface area contributed by atoms with Gasteiger partial charge < -0.3 is 0 Å². The van der Waals surface area contributed by atoms with Gasteiger partial charge in [0.1, 0.15) is 5.65 Å². The third-order valence-corrected chi connectivity index (χ3v) is 5.92. The molecule has 0 aromatic carbocycles. The van der Waals surface area contributed by atoms with Gasteiger partial charge in [0.15, 0.2) is 10.2 Å². The molecule has 1 aliphatic rings. The van der Waals surface area contributed by atoms with Gasteiger partial charge in [-0.1, -0.05) is 24.6 Å². The average molecular weight is 314 g/mol. The minimum Gasteiger partial charge on any atom is -0.288 e. The van der Waals surface area contributed by atoms with Crippen LogP contribution in [0.1, 0.15) is 19.8 Å². The second-order valence-electron chi connectivity index (χ2n) is 5.25. The van der Waals surface area contributed by atoms with E-state index in [-0.39, 0.29) is 10.2 Å². The van der Waals surface area contributed by atoms with Crippen molar-refractivity contribution < 1.29 is 8.42 Å². The number of fused-ring (bicyclic) bond motifs is 1. The average Bonchev–Trinajstić information content (AvgIpc) is 2.75. The van der Waals surface area contributed by atoms with Crippen LogP contribution in [-0.4, -0.2) is 35.2 Å². The zero-order valence-corrected chi connectivity index (χ0v) is 12.7. The van der Waals surface area contributed by atoms with Crippen LogP contribution in [0.2, 0.25) is 5.15 Å². The van der Waals surface area contributed by atoms with Gasteiger partial charge in [0.25, 0.3) is 10.0 Å². The number of hydrogen-bond acceptors (Lipinski definition) is 3. The molecule has 108 valence electrons. The molecule has 3 rings (SSSR count). The molecule has 0 radical (unpaired) electrons. The molecule has 1 saturated heterocycles.